The van der Waals surface area contributed by atoms with Crippen LogP contribution in [0.25, 0.3) is 11.5 Å². The van der Waals surface area contributed by atoms with E-state index in [1.54, 1.807) is 17.3 Å². The van der Waals surface area contributed by atoms with Crippen LogP contribution in [-0.2, 0) is 17.8 Å². The van der Waals surface area contributed by atoms with Crippen molar-refractivity contribution in [1.29, 1.82) is 0 Å². The Morgan fingerprint density at radius 2 is 2.27 bits per heavy atom. The van der Waals surface area contributed by atoms with Gasteiger partial charge in [0.1, 0.15) is 11.5 Å². The molecule has 0 fully saturated rings. The Balaban J connectivity index is 1.79. The van der Waals surface area contributed by atoms with Gasteiger partial charge in [0.25, 0.3) is 0 Å². The summed E-state index contributed by atoms with van der Waals surface area (Å²) in [5.74, 6) is 1.50. The number of rotatable bonds is 3. The van der Waals surface area contributed by atoms with Gasteiger partial charge in [0.05, 0.1) is 18.2 Å². The van der Waals surface area contributed by atoms with Crippen molar-refractivity contribution in [2.45, 2.75) is 32.9 Å². The predicted molar refractivity (Wildman–Crippen MR) is 81.7 cm³/mol. The molecule has 0 spiro atoms. The fourth-order valence-electron chi connectivity index (χ4n) is 2.50. The first-order valence-corrected chi connectivity index (χ1v) is 7.49. The zero-order chi connectivity index (χ0) is 15.7. The minimum absolute atomic E-state index is 0.0217. The summed E-state index contributed by atoms with van der Waals surface area (Å²) in [6, 6.07) is 3.28. The van der Waals surface area contributed by atoms with Crippen LogP contribution in [0, 0.1) is 5.92 Å². The summed E-state index contributed by atoms with van der Waals surface area (Å²) in [6.07, 6.45) is 4.09. The van der Waals surface area contributed by atoms with E-state index in [1.807, 2.05) is 26.0 Å². The first-order valence-electron chi connectivity index (χ1n) is 7.49. The summed E-state index contributed by atoms with van der Waals surface area (Å²) in [5.41, 5.74) is 7.62. The zero-order valence-electron chi connectivity index (χ0n) is 12.8. The van der Waals surface area contributed by atoms with Crippen molar-refractivity contribution < 1.29 is 9.21 Å². The molecule has 2 aromatic heterocycles. The lowest BCUT2D eigenvalue weighted by atomic mass is 10.0. The molecule has 2 N–H and O–H groups in total. The van der Waals surface area contributed by atoms with Gasteiger partial charge in [-0.15, -0.1) is 0 Å². The highest BCUT2D eigenvalue weighted by Crippen LogP contribution is 2.26. The quantitative estimate of drug-likeness (QED) is 0.930. The second-order valence-electron chi connectivity index (χ2n) is 5.91. The average molecular weight is 300 g/mol. The minimum Gasteiger partial charge on any atom is -0.441 e. The van der Waals surface area contributed by atoms with Crippen LogP contribution < -0.4 is 5.73 Å². The summed E-state index contributed by atoms with van der Waals surface area (Å²) in [7, 11) is 0. The fourth-order valence-corrected chi connectivity index (χ4v) is 2.50. The standard InChI is InChI=1S/C16H20N4O2/c1-10(2)14(17)16(21)20-7-5-13-12(9-20)19-15(22-13)11-4-3-6-18-8-11/h3-4,6,8,10,14H,5,7,9,17H2,1-2H3/t14-/m0/s1. The largest absolute Gasteiger partial charge is 0.441 e. The Labute approximate surface area is 129 Å². The molecule has 2 aromatic rings. The van der Waals surface area contributed by atoms with Gasteiger partial charge in [-0.1, -0.05) is 13.8 Å². The molecule has 3 rings (SSSR count). The Hall–Kier alpha value is -2.21. The van der Waals surface area contributed by atoms with E-state index in [0.29, 0.717) is 25.4 Å². The number of hydrogen-bond acceptors (Lipinski definition) is 5. The van der Waals surface area contributed by atoms with Crippen LogP contribution in [0.2, 0.25) is 0 Å². The van der Waals surface area contributed by atoms with E-state index in [2.05, 4.69) is 9.97 Å². The maximum absolute atomic E-state index is 12.4. The number of aromatic nitrogens is 2. The number of fused-ring (bicyclic) bond motifs is 1. The van der Waals surface area contributed by atoms with Crippen molar-refractivity contribution >= 4 is 5.91 Å². The maximum Gasteiger partial charge on any atom is 0.240 e. The molecule has 0 saturated heterocycles. The van der Waals surface area contributed by atoms with Crippen LogP contribution >= 0.6 is 0 Å². The van der Waals surface area contributed by atoms with E-state index in [1.165, 1.54) is 0 Å². The van der Waals surface area contributed by atoms with E-state index >= 15 is 0 Å². The number of nitrogens with zero attached hydrogens (tertiary/aromatic N) is 3. The third-order valence-electron chi connectivity index (χ3n) is 3.95. The normalized spacial score (nSPS) is 15.7. The number of carbonyl (C=O) groups is 1. The number of hydrogen-bond donors (Lipinski definition) is 1. The van der Waals surface area contributed by atoms with Crippen LogP contribution in [0.15, 0.2) is 28.9 Å². The maximum atomic E-state index is 12.4. The third kappa shape index (κ3) is 2.74. The fraction of sp³-hybridized carbons (Fsp3) is 0.438. The van der Waals surface area contributed by atoms with Gasteiger partial charge in [0.2, 0.25) is 11.8 Å². The van der Waals surface area contributed by atoms with E-state index in [4.69, 9.17) is 10.2 Å². The first kappa shape index (κ1) is 14.7. The second kappa shape index (κ2) is 5.88. The highest BCUT2D eigenvalue weighted by molar-refractivity contribution is 5.82. The van der Waals surface area contributed by atoms with Crippen LogP contribution in [0.5, 0.6) is 0 Å². The Morgan fingerprint density at radius 1 is 1.45 bits per heavy atom. The van der Waals surface area contributed by atoms with Gasteiger partial charge in [-0.25, -0.2) is 4.98 Å². The summed E-state index contributed by atoms with van der Waals surface area (Å²) in [6.45, 7) is 4.98. The number of oxazole rings is 1. The van der Waals surface area contributed by atoms with Crippen molar-refractivity contribution in [2.75, 3.05) is 6.54 Å². The van der Waals surface area contributed by atoms with E-state index in [-0.39, 0.29) is 11.8 Å². The Bertz CT molecular complexity index is 666. The topological polar surface area (TPSA) is 85.3 Å². The number of carbonyl (C=O) groups excluding carboxylic acids is 1. The van der Waals surface area contributed by atoms with Crippen molar-refractivity contribution in [3.05, 3.63) is 36.0 Å². The van der Waals surface area contributed by atoms with Crippen molar-refractivity contribution in [1.82, 2.24) is 14.9 Å². The number of nitrogens with two attached hydrogens (primary N) is 1. The highest BCUT2D eigenvalue weighted by Gasteiger charge is 2.29. The number of amides is 1. The third-order valence-corrected chi connectivity index (χ3v) is 3.95. The molecule has 0 unspecified atom stereocenters. The predicted octanol–water partition coefficient (Wildman–Crippen LogP) is 1.60. The average Bonchev–Trinajstić information content (AvgIpc) is 2.97. The molecular weight excluding hydrogens is 280 g/mol. The Kier molecular flexibility index (Phi) is 3.94. The monoisotopic (exact) mass is 300 g/mol. The minimum atomic E-state index is -0.466. The Morgan fingerprint density at radius 3 is 2.95 bits per heavy atom. The van der Waals surface area contributed by atoms with Crippen LogP contribution in [-0.4, -0.2) is 33.4 Å². The SMILES string of the molecule is CC(C)[C@H](N)C(=O)N1CCc2oc(-c3cccnc3)nc2C1. The van der Waals surface area contributed by atoms with Crippen molar-refractivity contribution in [3.8, 4) is 11.5 Å². The van der Waals surface area contributed by atoms with Gasteiger partial charge in [-0.05, 0) is 18.1 Å². The number of pyridine rings is 1. The van der Waals surface area contributed by atoms with Crippen molar-refractivity contribution in [3.63, 3.8) is 0 Å². The first-order chi connectivity index (χ1) is 10.6. The molecule has 3 heterocycles. The van der Waals surface area contributed by atoms with Gasteiger partial charge >= 0.3 is 0 Å². The zero-order valence-corrected chi connectivity index (χ0v) is 12.8. The molecule has 0 bridgehead atoms. The lowest BCUT2D eigenvalue weighted by Gasteiger charge is -2.29. The molecule has 1 aliphatic heterocycles. The van der Waals surface area contributed by atoms with Crippen LogP contribution in [0.3, 0.4) is 0 Å². The van der Waals surface area contributed by atoms with Crippen LogP contribution in [0.4, 0.5) is 0 Å². The van der Waals surface area contributed by atoms with Gasteiger partial charge in [-0.2, -0.15) is 0 Å². The molecule has 0 radical (unpaired) electrons. The van der Waals surface area contributed by atoms with Crippen molar-refractivity contribution in [2.24, 2.45) is 11.7 Å². The van der Waals surface area contributed by atoms with E-state index < -0.39 is 6.04 Å². The van der Waals surface area contributed by atoms with Gasteiger partial charge in [-0.3, -0.25) is 9.78 Å². The molecule has 6 nitrogen and oxygen atoms in total. The molecule has 1 aliphatic rings. The molecule has 1 atom stereocenters. The second-order valence-corrected chi connectivity index (χ2v) is 5.91. The molecule has 6 heteroatoms. The van der Waals surface area contributed by atoms with Gasteiger partial charge in [0, 0.05) is 25.4 Å². The molecular formula is C16H20N4O2. The molecule has 22 heavy (non-hydrogen) atoms. The summed E-state index contributed by atoms with van der Waals surface area (Å²) < 4.78 is 5.81. The lowest BCUT2D eigenvalue weighted by molar-refractivity contribution is -0.134. The van der Waals surface area contributed by atoms with Crippen LogP contribution in [0.1, 0.15) is 25.3 Å². The van der Waals surface area contributed by atoms with E-state index in [0.717, 1.165) is 17.0 Å². The van der Waals surface area contributed by atoms with Gasteiger partial charge in [0.15, 0.2) is 0 Å². The molecule has 1 amide bonds. The molecule has 0 saturated carbocycles. The summed E-state index contributed by atoms with van der Waals surface area (Å²) in [5, 5.41) is 0. The smallest absolute Gasteiger partial charge is 0.240 e. The highest BCUT2D eigenvalue weighted by atomic mass is 16.4. The molecule has 0 aliphatic carbocycles. The summed E-state index contributed by atoms with van der Waals surface area (Å²) >= 11 is 0. The summed E-state index contributed by atoms with van der Waals surface area (Å²) in [4.78, 5) is 22.7. The van der Waals surface area contributed by atoms with E-state index in [9.17, 15) is 4.79 Å². The lowest BCUT2D eigenvalue weighted by Crippen LogP contribution is -2.48. The molecule has 116 valence electrons. The molecule has 0 aromatic carbocycles. The van der Waals surface area contributed by atoms with Gasteiger partial charge < -0.3 is 15.1 Å².